The second-order valence-electron chi connectivity index (χ2n) is 5.47. The molecule has 98 valence electrons. The van der Waals surface area contributed by atoms with Crippen LogP contribution in [0, 0.1) is 0 Å². The lowest BCUT2D eigenvalue weighted by molar-refractivity contribution is -0.121. The zero-order chi connectivity index (χ0) is 13.4. The highest BCUT2D eigenvalue weighted by Gasteiger charge is 2.46. The Hall–Kier alpha value is -0.700. The molecule has 1 aliphatic rings. The number of ketones is 1. The van der Waals surface area contributed by atoms with Gasteiger partial charge in [-0.3, -0.25) is 9.69 Å². The molecule has 1 aliphatic heterocycles. The van der Waals surface area contributed by atoms with Gasteiger partial charge in [0.25, 0.3) is 0 Å². The molecule has 0 N–H and O–H groups in total. The van der Waals surface area contributed by atoms with E-state index < -0.39 is 23.1 Å². The summed E-state index contributed by atoms with van der Waals surface area (Å²) in [5.41, 5.74) is -0.652. The summed E-state index contributed by atoms with van der Waals surface area (Å²) >= 11 is 0. The fourth-order valence-corrected chi connectivity index (χ4v) is 2.19. The Morgan fingerprint density at radius 3 is 2.41 bits per heavy atom. The van der Waals surface area contributed by atoms with Crippen molar-refractivity contribution < 1.29 is 18.7 Å². The van der Waals surface area contributed by atoms with Crippen LogP contribution in [0.1, 0.15) is 34.1 Å². The summed E-state index contributed by atoms with van der Waals surface area (Å²) < 4.78 is 19.0. The lowest BCUT2D eigenvalue weighted by Gasteiger charge is -2.27. The number of halogens is 1. The molecular formula is C11H19FNO3P. The van der Waals surface area contributed by atoms with Gasteiger partial charge in [-0.25, -0.2) is 9.18 Å². The van der Waals surface area contributed by atoms with Gasteiger partial charge in [-0.15, -0.1) is 0 Å². The third kappa shape index (κ3) is 3.91. The lowest BCUT2D eigenvalue weighted by atomic mass is 10.1. The molecule has 1 fully saturated rings. The fourth-order valence-electron chi connectivity index (χ4n) is 1.77. The number of nitrogens with zero attached hydrogens (tertiary/aromatic N) is 1. The molecule has 6 heteroatoms. The first-order chi connectivity index (χ1) is 7.52. The average Bonchev–Trinajstić information content (AvgIpc) is 2.38. The monoisotopic (exact) mass is 263 g/mol. The molecule has 3 atom stereocenters. The Morgan fingerprint density at radius 1 is 1.47 bits per heavy atom. The van der Waals surface area contributed by atoms with Gasteiger partial charge in [0.15, 0.2) is 5.78 Å². The molecule has 1 heterocycles. The highest BCUT2D eigenvalue weighted by atomic mass is 31.0. The van der Waals surface area contributed by atoms with Crippen molar-refractivity contribution in [2.75, 3.05) is 6.54 Å². The number of carbonyl (C=O) groups excluding carboxylic acids is 2. The third-order valence-electron chi connectivity index (χ3n) is 2.44. The van der Waals surface area contributed by atoms with Crippen LogP contribution >= 0.6 is 9.24 Å². The van der Waals surface area contributed by atoms with E-state index in [4.69, 9.17) is 4.74 Å². The van der Waals surface area contributed by atoms with Gasteiger partial charge in [0.05, 0.1) is 12.6 Å². The summed E-state index contributed by atoms with van der Waals surface area (Å²) in [6.07, 6.45) is -0.633. The number of Topliss-reactive ketones (excluding diaryl/α,β-unsaturated/α-hetero) is 1. The van der Waals surface area contributed by atoms with E-state index >= 15 is 0 Å². The van der Waals surface area contributed by atoms with Gasteiger partial charge in [0, 0.05) is 6.42 Å². The van der Waals surface area contributed by atoms with Crippen LogP contribution in [0.2, 0.25) is 0 Å². The molecule has 1 saturated heterocycles. The summed E-state index contributed by atoms with van der Waals surface area (Å²) in [5.74, 6) is -0.224. The Kier molecular flexibility index (Phi) is 3.82. The number of ether oxygens (including phenoxy) is 1. The molecule has 2 unspecified atom stereocenters. The normalized spacial score (nSPS) is 29.3. The van der Waals surface area contributed by atoms with Gasteiger partial charge in [-0.1, -0.05) is 9.24 Å². The largest absolute Gasteiger partial charge is 0.444 e. The van der Waals surface area contributed by atoms with Crippen molar-refractivity contribution in [2.45, 2.75) is 51.2 Å². The maximum absolute atomic E-state index is 13.8. The molecule has 1 rings (SSSR count). The molecule has 0 spiro atoms. The highest BCUT2D eigenvalue weighted by molar-refractivity contribution is 7.18. The quantitative estimate of drug-likeness (QED) is 0.681. The van der Waals surface area contributed by atoms with Crippen LogP contribution in [-0.2, 0) is 9.53 Å². The maximum Gasteiger partial charge on any atom is 0.411 e. The van der Waals surface area contributed by atoms with Crippen molar-refractivity contribution in [1.29, 1.82) is 0 Å². The zero-order valence-corrected chi connectivity index (χ0v) is 11.8. The van der Waals surface area contributed by atoms with Gasteiger partial charge < -0.3 is 4.74 Å². The number of rotatable bonds is 1. The smallest absolute Gasteiger partial charge is 0.411 e. The van der Waals surface area contributed by atoms with Crippen LogP contribution in [0.5, 0.6) is 0 Å². The van der Waals surface area contributed by atoms with E-state index in [0.717, 1.165) is 0 Å². The molecule has 0 radical (unpaired) electrons. The second kappa shape index (κ2) is 4.52. The molecule has 17 heavy (non-hydrogen) atoms. The average molecular weight is 263 g/mol. The first kappa shape index (κ1) is 14.4. The van der Waals surface area contributed by atoms with E-state index in [2.05, 4.69) is 9.24 Å². The summed E-state index contributed by atoms with van der Waals surface area (Å²) in [4.78, 5) is 24.4. The number of likely N-dealkylation sites (tertiary alicyclic amines) is 1. The van der Waals surface area contributed by atoms with E-state index in [0.29, 0.717) is 0 Å². The SMILES string of the molecule is CC(=O)[C@@H]1CC(F)(P)CN1C(=O)OC(C)(C)C. The lowest BCUT2D eigenvalue weighted by Crippen LogP contribution is -2.43. The third-order valence-corrected chi connectivity index (χ3v) is 2.86. The number of hydrogen-bond acceptors (Lipinski definition) is 3. The van der Waals surface area contributed by atoms with Gasteiger partial charge in [0.2, 0.25) is 0 Å². The topological polar surface area (TPSA) is 46.6 Å². The second-order valence-corrected chi connectivity index (χ2v) is 6.51. The number of carbonyl (C=O) groups is 2. The van der Waals surface area contributed by atoms with Crippen LogP contribution in [0.3, 0.4) is 0 Å². The highest BCUT2D eigenvalue weighted by Crippen LogP contribution is 2.37. The van der Waals surface area contributed by atoms with E-state index in [1.165, 1.54) is 11.8 Å². The van der Waals surface area contributed by atoms with Gasteiger partial charge in [-0.2, -0.15) is 0 Å². The van der Waals surface area contributed by atoms with Crippen molar-refractivity contribution in [3.63, 3.8) is 0 Å². The maximum atomic E-state index is 13.8. The number of hydrogen-bond donors (Lipinski definition) is 0. The molecule has 4 nitrogen and oxygen atoms in total. The molecular weight excluding hydrogens is 244 g/mol. The molecule has 0 aromatic carbocycles. The minimum atomic E-state index is -1.60. The Bertz CT molecular complexity index is 338. The molecule has 0 bridgehead atoms. The fraction of sp³-hybridized carbons (Fsp3) is 0.818. The van der Waals surface area contributed by atoms with Crippen molar-refractivity contribution >= 4 is 21.1 Å². The van der Waals surface area contributed by atoms with E-state index in [1.807, 2.05) is 0 Å². The van der Waals surface area contributed by atoms with Crippen LogP contribution in [0.4, 0.5) is 9.18 Å². The summed E-state index contributed by atoms with van der Waals surface area (Å²) in [6, 6.07) is -0.729. The predicted molar refractivity (Wildman–Crippen MR) is 65.6 cm³/mol. The minimum Gasteiger partial charge on any atom is -0.444 e. The first-order valence-electron chi connectivity index (χ1n) is 5.50. The molecule has 0 saturated carbocycles. The first-order valence-corrected chi connectivity index (χ1v) is 6.07. The summed E-state index contributed by atoms with van der Waals surface area (Å²) in [5, 5.41) is -1.60. The van der Waals surface area contributed by atoms with Crippen LogP contribution in [-0.4, -0.2) is 40.4 Å². The van der Waals surface area contributed by atoms with Crippen LogP contribution in [0.15, 0.2) is 0 Å². The number of amides is 1. The van der Waals surface area contributed by atoms with Crippen molar-refractivity contribution in [1.82, 2.24) is 4.90 Å². The molecule has 0 aromatic heterocycles. The minimum absolute atomic E-state index is 0.00619. The summed E-state index contributed by atoms with van der Waals surface area (Å²) in [7, 11) is 2.05. The van der Waals surface area contributed by atoms with Gasteiger partial charge in [0.1, 0.15) is 11.0 Å². The molecule has 0 aromatic rings. The van der Waals surface area contributed by atoms with Gasteiger partial charge >= 0.3 is 6.09 Å². The van der Waals surface area contributed by atoms with E-state index in [1.54, 1.807) is 20.8 Å². The summed E-state index contributed by atoms with van der Waals surface area (Å²) in [6.45, 7) is 6.42. The van der Waals surface area contributed by atoms with Crippen molar-refractivity contribution in [3.05, 3.63) is 0 Å². The Morgan fingerprint density at radius 2 is 2.00 bits per heavy atom. The van der Waals surface area contributed by atoms with E-state index in [-0.39, 0.29) is 18.7 Å². The van der Waals surface area contributed by atoms with Gasteiger partial charge in [-0.05, 0) is 27.7 Å². The predicted octanol–water partition coefficient (Wildman–Crippen LogP) is 2.13. The Labute approximate surface area is 103 Å². The molecule has 0 aliphatic carbocycles. The van der Waals surface area contributed by atoms with Crippen LogP contribution in [0.25, 0.3) is 0 Å². The van der Waals surface area contributed by atoms with Crippen molar-refractivity contribution in [2.24, 2.45) is 0 Å². The van der Waals surface area contributed by atoms with E-state index in [9.17, 15) is 14.0 Å². The molecule has 1 amide bonds. The van der Waals surface area contributed by atoms with Crippen LogP contribution < -0.4 is 0 Å². The zero-order valence-electron chi connectivity index (χ0n) is 10.6. The Balaban J connectivity index is 2.81. The standard InChI is InChI=1S/C11H19FNO3P/c1-7(14)8-5-11(12,17)6-13(8)9(15)16-10(2,3)4/h8H,5-6,17H2,1-4H3/t8-,11?/m0/s1. The number of alkyl halides is 1. The van der Waals surface area contributed by atoms with Crippen molar-refractivity contribution in [3.8, 4) is 0 Å².